The molecular formula is C19H25N3O2. The van der Waals surface area contributed by atoms with E-state index in [2.05, 4.69) is 18.0 Å². The Kier molecular flexibility index (Phi) is 5.37. The Balaban J connectivity index is 1.55. The molecule has 0 aliphatic carbocycles. The predicted molar refractivity (Wildman–Crippen MR) is 91.6 cm³/mol. The third-order valence-corrected chi connectivity index (χ3v) is 5.21. The Morgan fingerprint density at radius 3 is 2.58 bits per heavy atom. The van der Waals surface area contributed by atoms with Crippen molar-refractivity contribution in [1.82, 2.24) is 9.80 Å². The predicted octanol–water partition coefficient (Wildman–Crippen LogP) is 2.22. The normalized spacial score (nSPS) is 24.1. The van der Waals surface area contributed by atoms with E-state index >= 15 is 0 Å². The first-order valence-corrected chi connectivity index (χ1v) is 8.77. The summed E-state index contributed by atoms with van der Waals surface area (Å²) in [5.74, 6) is 0.762. The Morgan fingerprint density at radius 2 is 1.92 bits per heavy atom. The van der Waals surface area contributed by atoms with Crippen LogP contribution in [0.5, 0.6) is 5.75 Å². The van der Waals surface area contributed by atoms with Gasteiger partial charge in [-0.15, -0.1) is 0 Å². The van der Waals surface area contributed by atoms with Crippen molar-refractivity contribution >= 4 is 5.91 Å². The number of hydrogen-bond acceptors (Lipinski definition) is 4. The molecule has 0 bridgehead atoms. The molecule has 0 radical (unpaired) electrons. The number of amides is 1. The maximum atomic E-state index is 12.6. The third kappa shape index (κ3) is 3.70. The number of carbonyl (C=O) groups excluding carboxylic acids is 1. The number of nitrogens with zero attached hydrogens (tertiary/aromatic N) is 3. The molecule has 5 heteroatoms. The first kappa shape index (κ1) is 16.8. The molecule has 2 heterocycles. The third-order valence-electron chi connectivity index (χ3n) is 5.21. The molecule has 128 valence electrons. The topological polar surface area (TPSA) is 56.6 Å². The Bertz CT molecular complexity index is 608. The first-order valence-electron chi connectivity index (χ1n) is 8.77. The molecule has 24 heavy (non-hydrogen) atoms. The van der Waals surface area contributed by atoms with Crippen LogP contribution in [0.3, 0.4) is 0 Å². The second-order valence-corrected chi connectivity index (χ2v) is 6.75. The second kappa shape index (κ2) is 7.67. The quantitative estimate of drug-likeness (QED) is 0.832. The van der Waals surface area contributed by atoms with Gasteiger partial charge in [-0.05, 0) is 57.0 Å². The SMILES string of the molecule is CN1CCCC1C1CCCN1C(=O)COc1ccc(CC#N)cc1. The molecule has 0 spiro atoms. The van der Waals surface area contributed by atoms with Crippen molar-refractivity contribution in [3.05, 3.63) is 29.8 Å². The molecule has 1 aromatic carbocycles. The number of ether oxygens (including phenoxy) is 1. The van der Waals surface area contributed by atoms with E-state index in [4.69, 9.17) is 10.00 Å². The number of rotatable bonds is 5. The summed E-state index contributed by atoms with van der Waals surface area (Å²) in [6, 6.07) is 10.4. The largest absolute Gasteiger partial charge is 0.484 e. The highest BCUT2D eigenvalue weighted by molar-refractivity contribution is 5.78. The van der Waals surface area contributed by atoms with Gasteiger partial charge in [0.2, 0.25) is 0 Å². The molecule has 3 rings (SSSR count). The van der Waals surface area contributed by atoms with Crippen LogP contribution in [0.4, 0.5) is 0 Å². The number of likely N-dealkylation sites (N-methyl/N-ethyl adjacent to an activating group) is 1. The van der Waals surface area contributed by atoms with Gasteiger partial charge in [0.05, 0.1) is 12.5 Å². The van der Waals surface area contributed by atoms with Gasteiger partial charge in [0.1, 0.15) is 5.75 Å². The fourth-order valence-corrected chi connectivity index (χ4v) is 3.95. The Labute approximate surface area is 143 Å². The van der Waals surface area contributed by atoms with Gasteiger partial charge in [-0.2, -0.15) is 5.26 Å². The highest BCUT2D eigenvalue weighted by Crippen LogP contribution is 2.29. The molecule has 1 aromatic rings. The van der Waals surface area contributed by atoms with Gasteiger partial charge >= 0.3 is 0 Å². The van der Waals surface area contributed by atoms with E-state index in [1.807, 2.05) is 29.2 Å². The highest BCUT2D eigenvalue weighted by atomic mass is 16.5. The molecule has 2 aliphatic heterocycles. The van der Waals surface area contributed by atoms with E-state index in [1.54, 1.807) is 0 Å². The van der Waals surface area contributed by atoms with Gasteiger partial charge in [0.25, 0.3) is 5.91 Å². The minimum absolute atomic E-state index is 0.0823. The molecule has 2 fully saturated rings. The fourth-order valence-electron chi connectivity index (χ4n) is 3.95. The van der Waals surface area contributed by atoms with Crippen molar-refractivity contribution in [2.45, 2.75) is 44.2 Å². The van der Waals surface area contributed by atoms with Crippen molar-refractivity contribution < 1.29 is 9.53 Å². The lowest BCUT2D eigenvalue weighted by molar-refractivity contribution is -0.135. The summed E-state index contributed by atoms with van der Waals surface area (Å²) >= 11 is 0. The van der Waals surface area contributed by atoms with Gasteiger partial charge < -0.3 is 14.5 Å². The zero-order valence-electron chi connectivity index (χ0n) is 14.3. The Morgan fingerprint density at radius 1 is 1.21 bits per heavy atom. The maximum absolute atomic E-state index is 12.6. The van der Waals surface area contributed by atoms with E-state index in [0.29, 0.717) is 24.3 Å². The minimum atomic E-state index is 0.0823. The molecule has 0 saturated carbocycles. The van der Waals surface area contributed by atoms with Crippen molar-refractivity contribution in [3.8, 4) is 11.8 Å². The molecule has 2 saturated heterocycles. The van der Waals surface area contributed by atoms with Crippen molar-refractivity contribution in [2.75, 3.05) is 26.7 Å². The number of benzene rings is 1. The summed E-state index contributed by atoms with van der Waals surface area (Å²) in [6.45, 7) is 2.07. The average molecular weight is 327 g/mol. The van der Waals surface area contributed by atoms with E-state index in [9.17, 15) is 4.79 Å². The zero-order chi connectivity index (χ0) is 16.9. The van der Waals surface area contributed by atoms with E-state index in [1.165, 1.54) is 12.8 Å². The summed E-state index contributed by atoms with van der Waals surface area (Å²) in [7, 11) is 2.16. The van der Waals surface area contributed by atoms with Crippen LogP contribution < -0.4 is 4.74 Å². The summed E-state index contributed by atoms with van der Waals surface area (Å²) in [4.78, 5) is 17.0. The van der Waals surface area contributed by atoms with Crippen LogP contribution in [0, 0.1) is 11.3 Å². The zero-order valence-corrected chi connectivity index (χ0v) is 14.3. The number of carbonyl (C=O) groups is 1. The molecule has 2 aliphatic rings. The highest BCUT2D eigenvalue weighted by Gasteiger charge is 2.38. The van der Waals surface area contributed by atoms with Gasteiger partial charge in [0, 0.05) is 18.6 Å². The average Bonchev–Trinajstić information content (AvgIpc) is 3.22. The monoisotopic (exact) mass is 327 g/mol. The lowest BCUT2D eigenvalue weighted by atomic mass is 10.0. The van der Waals surface area contributed by atoms with Gasteiger partial charge in [-0.3, -0.25) is 4.79 Å². The summed E-state index contributed by atoms with van der Waals surface area (Å²) in [6.07, 6.45) is 4.99. The van der Waals surface area contributed by atoms with Gasteiger partial charge in [-0.1, -0.05) is 12.1 Å². The summed E-state index contributed by atoms with van der Waals surface area (Å²) < 4.78 is 5.66. The molecule has 0 aromatic heterocycles. The molecule has 2 unspecified atom stereocenters. The number of hydrogen-bond donors (Lipinski definition) is 0. The van der Waals surface area contributed by atoms with Crippen LogP contribution in [-0.2, 0) is 11.2 Å². The van der Waals surface area contributed by atoms with Crippen LogP contribution in [0.1, 0.15) is 31.2 Å². The lowest BCUT2D eigenvalue weighted by Gasteiger charge is -2.33. The minimum Gasteiger partial charge on any atom is -0.484 e. The van der Waals surface area contributed by atoms with E-state index in [0.717, 1.165) is 31.5 Å². The first-order chi connectivity index (χ1) is 11.7. The summed E-state index contributed by atoms with van der Waals surface area (Å²) in [5, 5.41) is 8.68. The molecule has 5 nitrogen and oxygen atoms in total. The number of nitriles is 1. The van der Waals surface area contributed by atoms with Crippen LogP contribution in [0.2, 0.25) is 0 Å². The van der Waals surface area contributed by atoms with E-state index < -0.39 is 0 Å². The second-order valence-electron chi connectivity index (χ2n) is 6.75. The van der Waals surface area contributed by atoms with Crippen molar-refractivity contribution in [2.24, 2.45) is 0 Å². The lowest BCUT2D eigenvalue weighted by Crippen LogP contribution is -2.48. The summed E-state index contributed by atoms with van der Waals surface area (Å²) in [5.41, 5.74) is 0.958. The maximum Gasteiger partial charge on any atom is 0.260 e. The van der Waals surface area contributed by atoms with E-state index in [-0.39, 0.29) is 12.5 Å². The van der Waals surface area contributed by atoms with Crippen LogP contribution in [0.25, 0.3) is 0 Å². The van der Waals surface area contributed by atoms with Gasteiger partial charge in [0.15, 0.2) is 6.61 Å². The Hall–Kier alpha value is -2.06. The fraction of sp³-hybridized carbons (Fsp3) is 0.579. The van der Waals surface area contributed by atoms with Crippen LogP contribution in [-0.4, -0.2) is 54.5 Å². The smallest absolute Gasteiger partial charge is 0.260 e. The van der Waals surface area contributed by atoms with Gasteiger partial charge in [-0.25, -0.2) is 0 Å². The molecular weight excluding hydrogens is 302 g/mol. The number of likely N-dealkylation sites (tertiary alicyclic amines) is 2. The standard InChI is InChI=1S/C19H25N3O2/c1-21-12-2-4-17(21)18-5-3-13-22(18)19(23)14-24-16-8-6-15(7-9-16)10-11-20/h6-9,17-18H,2-5,10,12-14H2,1H3. The van der Waals surface area contributed by atoms with Crippen LogP contribution >= 0.6 is 0 Å². The van der Waals surface area contributed by atoms with Crippen LogP contribution in [0.15, 0.2) is 24.3 Å². The molecule has 0 N–H and O–H groups in total. The molecule has 2 atom stereocenters. The van der Waals surface area contributed by atoms with Crippen molar-refractivity contribution in [1.29, 1.82) is 5.26 Å². The molecule has 1 amide bonds. The van der Waals surface area contributed by atoms with Crippen molar-refractivity contribution in [3.63, 3.8) is 0 Å².